The summed E-state index contributed by atoms with van der Waals surface area (Å²) in [6.45, 7) is 4.11. The molecule has 0 bridgehead atoms. The van der Waals surface area contributed by atoms with Crippen molar-refractivity contribution >= 4 is 49.8 Å². The smallest absolute Gasteiger partial charge is 0.264 e. The second-order valence-electron chi connectivity index (χ2n) is 6.69. The summed E-state index contributed by atoms with van der Waals surface area (Å²) in [5, 5.41) is 11.5. The molecular formula is C20H22N4O4S3. The van der Waals surface area contributed by atoms with Crippen molar-refractivity contribution in [1.29, 1.82) is 0 Å². The van der Waals surface area contributed by atoms with Gasteiger partial charge in [0, 0.05) is 17.9 Å². The minimum Gasteiger partial charge on any atom is -0.497 e. The van der Waals surface area contributed by atoms with Gasteiger partial charge in [-0.2, -0.15) is 0 Å². The maximum atomic E-state index is 12.9. The highest BCUT2D eigenvalue weighted by atomic mass is 32.2. The number of carbonyl (C=O) groups is 1. The van der Waals surface area contributed by atoms with Gasteiger partial charge in [-0.15, -0.1) is 10.2 Å². The Balaban J connectivity index is 1.71. The van der Waals surface area contributed by atoms with Crippen molar-refractivity contribution in [2.45, 2.75) is 28.3 Å². The van der Waals surface area contributed by atoms with Gasteiger partial charge in [0.25, 0.3) is 15.9 Å². The van der Waals surface area contributed by atoms with Crippen molar-refractivity contribution < 1.29 is 17.9 Å². The van der Waals surface area contributed by atoms with E-state index < -0.39 is 10.0 Å². The quantitative estimate of drug-likeness (QED) is 0.384. The van der Waals surface area contributed by atoms with Crippen LogP contribution in [0.3, 0.4) is 0 Å². The molecule has 3 rings (SSSR count). The highest BCUT2D eigenvalue weighted by Gasteiger charge is 2.21. The Kier molecular flexibility index (Phi) is 7.19. The highest BCUT2D eigenvalue weighted by molar-refractivity contribution is 8.01. The Morgan fingerprint density at radius 2 is 1.74 bits per heavy atom. The lowest BCUT2D eigenvalue weighted by Crippen LogP contribution is -2.26. The van der Waals surface area contributed by atoms with Crippen molar-refractivity contribution in [2.24, 2.45) is 0 Å². The molecule has 164 valence electrons. The van der Waals surface area contributed by atoms with Crippen LogP contribution in [0, 0.1) is 0 Å². The van der Waals surface area contributed by atoms with Gasteiger partial charge in [0.1, 0.15) is 5.75 Å². The number of thioether (sulfide) groups is 1. The van der Waals surface area contributed by atoms with E-state index in [1.165, 1.54) is 37.6 Å². The lowest BCUT2D eigenvalue weighted by molar-refractivity contribution is 0.102. The van der Waals surface area contributed by atoms with Crippen LogP contribution in [-0.2, 0) is 10.0 Å². The van der Waals surface area contributed by atoms with E-state index in [4.69, 9.17) is 4.74 Å². The summed E-state index contributed by atoms with van der Waals surface area (Å²) >= 11 is 2.88. The molecule has 1 amide bonds. The molecule has 8 nitrogen and oxygen atoms in total. The summed E-state index contributed by atoms with van der Waals surface area (Å²) in [7, 11) is -0.770. The Morgan fingerprint density at radius 1 is 1.10 bits per heavy atom. The maximum absolute atomic E-state index is 12.9. The molecule has 0 aliphatic heterocycles. The number of hydrogen-bond donors (Lipinski definition) is 1. The molecule has 1 N–H and O–H groups in total. The number of aromatic nitrogens is 2. The second kappa shape index (κ2) is 9.67. The van der Waals surface area contributed by atoms with Gasteiger partial charge in [-0.25, -0.2) is 8.42 Å². The van der Waals surface area contributed by atoms with Crippen molar-refractivity contribution in [2.75, 3.05) is 23.8 Å². The summed E-state index contributed by atoms with van der Waals surface area (Å²) in [5.74, 6) is 0.229. The third kappa shape index (κ3) is 5.54. The minimum atomic E-state index is -3.75. The molecule has 3 aromatic rings. The van der Waals surface area contributed by atoms with Gasteiger partial charge >= 0.3 is 0 Å². The molecule has 0 aliphatic carbocycles. The van der Waals surface area contributed by atoms with E-state index in [1.807, 2.05) is 0 Å². The molecule has 0 radical (unpaired) electrons. The van der Waals surface area contributed by atoms with Crippen LogP contribution < -0.4 is 14.4 Å². The number of anilines is 2. The van der Waals surface area contributed by atoms with Crippen LogP contribution in [0.15, 0.2) is 57.8 Å². The Bertz CT molecular complexity index is 1140. The standard InChI is InChI=1S/C20H22N4O4S3/c1-13(2)29-20-23-22-19(30-20)21-18(25)14-5-7-15(8-6-14)24(3)31(26,27)17-11-9-16(28-4)10-12-17/h5-13H,1-4H3,(H,21,22,25). The van der Waals surface area contributed by atoms with E-state index in [1.54, 1.807) is 48.2 Å². The molecule has 0 atom stereocenters. The number of nitrogens with one attached hydrogen (secondary N) is 1. The van der Waals surface area contributed by atoms with Crippen LogP contribution in [-0.4, -0.2) is 43.9 Å². The van der Waals surface area contributed by atoms with Gasteiger partial charge in [-0.1, -0.05) is 36.9 Å². The van der Waals surface area contributed by atoms with Crippen LogP contribution in [0.25, 0.3) is 0 Å². The van der Waals surface area contributed by atoms with Gasteiger partial charge in [0.15, 0.2) is 4.34 Å². The van der Waals surface area contributed by atoms with Crippen molar-refractivity contribution in [3.05, 3.63) is 54.1 Å². The van der Waals surface area contributed by atoms with E-state index in [2.05, 4.69) is 29.4 Å². The normalized spacial score (nSPS) is 11.4. The molecule has 0 aliphatic rings. The molecule has 0 unspecified atom stereocenters. The van der Waals surface area contributed by atoms with E-state index >= 15 is 0 Å². The number of carbonyl (C=O) groups excluding carboxylic acids is 1. The fourth-order valence-electron chi connectivity index (χ4n) is 2.55. The summed E-state index contributed by atoms with van der Waals surface area (Å²) in [6, 6.07) is 12.4. The third-order valence-corrected chi connectivity index (χ3v) is 7.90. The molecule has 1 heterocycles. The average molecular weight is 479 g/mol. The number of ether oxygens (including phenoxy) is 1. The maximum Gasteiger partial charge on any atom is 0.264 e. The van der Waals surface area contributed by atoms with E-state index in [-0.39, 0.29) is 10.8 Å². The first-order chi connectivity index (χ1) is 14.7. The number of methoxy groups -OCH3 is 1. The average Bonchev–Trinajstić information content (AvgIpc) is 3.19. The molecule has 11 heteroatoms. The Labute approximate surface area is 189 Å². The van der Waals surface area contributed by atoms with Crippen LogP contribution in [0.4, 0.5) is 10.8 Å². The molecule has 0 fully saturated rings. The summed E-state index contributed by atoms with van der Waals surface area (Å²) in [4.78, 5) is 12.6. The monoisotopic (exact) mass is 478 g/mol. The lowest BCUT2D eigenvalue weighted by atomic mass is 10.2. The van der Waals surface area contributed by atoms with E-state index in [9.17, 15) is 13.2 Å². The predicted octanol–water partition coefficient (Wildman–Crippen LogP) is 4.12. The van der Waals surface area contributed by atoms with Gasteiger partial charge < -0.3 is 4.74 Å². The first kappa shape index (κ1) is 23.0. The lowest BCUT2D eigenvalue weighted by Gasteiger charge is -2.20. The molecule has 0 spiro atoms. The number of sulfonamides is 1. The summed E-state index contributed by atoms with van der Waals surface area (Å²) in [5.41, 5.74) is 0.811. The summed E-state index contributed by atoms with van der Waals surface area (Å²) < 4.78 is 32.7. The highest BCUT2D eigenvalue weighted by Crippen LogP contribution is 2.29. The number of amides is 1. The number of rotatable bonds is 8. The molecule has 0 saturated heterocycles. The summed E-state index contributed by atoms with van der Waals surface area (Å²) in [6.07, 6.45) is 0. The second-order valence-corrected chi connectivity index (χ2v) is 11.5. The van der Waals surface area contributed by atoms with Gasteiger partial charge in [-0.3, -0.25) is 14.4 Å². The fraction of sp³-hybridized carbons (Fsp3) is 0.250. The molecule has 2 aromatic carbocycles. The molecule has 0 saturated carbocycles. The number of nitrogens with zero attached hydrogens (tertiary/aromatic N) is 3. The SMILES string of the molecule is COc1ccc(S(=O)(=O)N(C)c2ccc(C(=O)Nc3nnc(SC(C)C)s3)cc2)cc1. The van der Waals surface area contributed by atoms with E-state index in [0.717, 1.165) is 8.64 Å². The molecule has 31 heavy (non-hydrogen) atoms. The fourth-order valence-corrected chi connectivity index (χ4v) is 5.71. The largest absolute Gasteiger partial charge is 0.497 e. The third-order valence-electron chi connectivity index (χ3n) is 4.17. The Morgan fingerprint density at radius 3 is 2.32 bits per heavy atom. The van der Waals surface area contributed by atoms with Crippen molar-refractivity contribution in [3.63, 3.8) is 0 Å². The van der Waals surface area contributed by atoms with Crippen molar-refractivity contribution in [3.8, 4) is 5.75 Å². The van der Waals surface area contributed by atoms with Crippen molar-refractivity contribution in [1.82, 2.24) is 10.2 Å². The van der Waals surface area contributed by atoms with Crippen LogP contribution >= 0.6 is 23.1 Å². The molecule has 1 aromatic heterocycles. The topological polar surface area (TPSA) is 101 Å². The minimum absolute atomic E-state index is 0.143. The van der Waals surface area contributed by atoms with Gasteiger partial charge in [-0.05, 0) is 48.5 Å². The number of hydrogen-bond acceptors (Lipinski definition) is 8. The zero-order valence-electron chi connectivity index (χ0n) is 17.4. The first-order valence-corrected chi connectivity index (χ1v) is 12.4. The Hall–Kier alpha value is -2.63. The van der Waals surface area contributed by atoms with Crippen LogP contribution in [0.1, 0.15) is 24.2 Å². The number of benzene rings is 2. The van der Waals surface area contributed by atoms with E-state index in [0.29, 0.717) is 27.4 Å². The van der Waals surface area contributed by atoms with Gasteiger partial charge in [0.05, 0.1) is 17.7 Å². The molecular weight excluding hydrogens is 456 g/mol. The van der Waals surface area contributed by atoms with Gasteiger partial charge in [0.2, 0.25) is 5.13 Å². The zero-order chi connectivity index (χ0) is 22.6. The first-order valence-electron chi connectivity index (χ1n) is 9.25. The van der Waals surface area contributed by atoms with Crippen LogP contribution in [0.5, 0.6) is 5.75 Å². The predicted molar refractivity (Wildman–Crippen MR) is 124 cm³/mol. The zero-order valence-corrected chi connectivity index (χ0v) is 19.8. The van der Waals surface area contributed by atoms with Crippen LogP contribution in [0.2, 0.25) is 0 Å².